The van der Waals surface area contributed by atoms with Crippen LogP contribution in [0.2, 0.25) is 0 Å². The Balaban J connectivity index is 1.66. The van der Waals surface area contributed by atoms with Crippen molar-refractivity contribution in [3.05, 3.63) is 20.8 Å². The zero-order valence-electron chi connectivity index (χ0n) is 14.0. The first-order valence-corrected chi connectivity index (χ1v) is 9.64. The summed E-state index contributed by atoms with van der Waals surface area (Å²) in [7, 11) is 0. The second-order valence-corrected chi connectivity index (χ2v) is 7.96. The van der Waals surface area contributed by atoms with Crippen LogP contribution < -0.4 is 5.56 Å². The van der Waals surface area contributed by atoms with Gasteiger partial charge in [0, 0.05) is 17.5 Å². The lowest BCUT2D eigenvalue weighted by Crippen LogP contribution is -2.45. The maximum absolute atomic E-state index is 12.9. The van der Waals surface area contributed by atoms with Crippen molar-refractivity contribution in [3.8, 4) is 0 Å². The molecule has 128 valence electrons. The SMILES string of the molecule is C[C@H]1CCCCN1C(=O)Cn1nnc2sc3c(c2c1=O)CCCC3. The molecule has 24 heavy (non-hydrogen) atoms. The number of piperidine rings is 1. The van der Waals surface area contributed by atoms with E-state index in [-0.39, 0.29) is 24.1 Å². The number of hydrogen-bond donors (Lipinski definition) is 0. The molecule has 0 saturated carbocycles. The topological polar surface area (TPSA) is 68.1 Å². The zero-order chi connectivity index (χ0) is 16.7. The van der Waals surface area contributed by atoms with Crippen LogP contribution in [0.5, 0.6) is 0 Å². The lowest BCUT2D eigenvalue weighted by Gasteiger charge is -2.33. The molecule has 1 atom stereocenters. The molecule has 0 unspecified atom stereocenters. The zero-order valence-corrected chi connectivity index (χ0v) is 14.8. The van der Waals surface area contributed by atoms with Gasteiger partial charge in [0.05, 0.1) is 5.39 Å². The summed E-state index contributed by atoms with van der Waals surface area (Å²) in [4.78, 5) is 29.3. The minimum absolute atomic E-state index is 0.00324. The van der Waals surface area contributed by atoms with E-state index in [1.54, 1.807) is 11.3 Å². The number of hydrogen-bond acceptors (Lipinski definition) is 5. The van der Waals surface area contributed by atoms with Crippen LogP contribution in [0.1, 0.15) is 49.5 Å². The molecule has 2 aromatic heterocycles. The monoisotopic (exact) mass is 346 g/mol. The molecule has 2 aromatic rings. The Morgan fingerprint density at radius 1 is 1.25 bits per heavy atom. The van der Waals surface area contributed by atoms with Crippen molar-refractivity contribution >= 4 is 27.5 Å². The third-order valence-electron chi connectivity index (χ3n) is 5.25. The van der Waals surface area contributed by atoms with Crippen molar-refractivity contribution in [2.45, 2.75) is 64.5 Å². The van der Waals surface area contributed by atoms with Crippen molar-refractivity contribution < 1.29 is 4.79 Å². The summed E-state index contributed by atoms with van der Waals surface area (Å²) in [6, 6.07) is 0.243. The minimum atomic E-state index is -0.155. The molecule has 7 heteroatoms. The normalized spacial score (nSPS) is 21.0. The Hall–Kier alpha value is -1.76. The molecule has 4 rings (SSSR count). The van der Waals surface area contributed by atoms with Crippen molar-refractivity contribution in [1.82, 2.24) is 19.9 Å². The molecule has 0 radical (unpaired) electrons. The minimum Gasteiger partial charge on any atom is -0.338 e. The van der Waals surface area contributed by atoms with Gasteiger partial charge in [-0.2, -0.15) is 0 Å². The maximum atomic E-state index is 12.9. The second-order valence-electron chi connectivity index (χ2n) is 6.88. The van der Waals surface area contributed by atoms with E-state index in [4.69, 9.17) is 0 Å². The molecule has 0 N–H and O–H groups in total. The van der Waals surface area contributed by atoms with Gasteiger partial charge in [-0.25, -0.2) is 4.68 Å². The number of rotatable bonds is 2. The van der Waals surface area contributed by atoms with Gasteiger partial charge in [-0.3, -0.25) is 9.59 Å². The first-order valence-electron chi connectivity index (χ1n) is 8.82. The van der Waals surface area contributed by atoms with Gasteiger partial charge in [0.1, 0.15) is 6.54 Å². The van der Waals surface area contributed by atoms with Gasteiger partial charge >= 0.3 is 0 Å². The molecule has 0 spiro atoms. The van der Waals surface area contributed by atoms with Crippen LogP contribution in [-0.2, 0) is 24.2 Å². The lowest BCUT2D eigenvalue weighted by atomic mass is 9.97. The Labute approximate surface area is 144 Å². The molecule has 1 amide bonds. The number of carbonyl (C=O) groups excluding carboxylic acids is 1. The number of aromatic nitrogens is 3. The molecule has 1 aliphatic heterocycles. The molecule has 1 fully saturated rings. The summed E-state index contributed by atoms with van der Waals surface area (Å²) in [5, 5.41) is 8.95. The number of nitrogens with zero attached hydrogens (tertiary/aromatic N) is 4. The smallest absolute Gasteiger partial charge is 0.279 e. The van der Waals surface area contributed by atoms with Crippen LogP contribution >= 0.6 is 11.3 Å². The lowest BCUT2D eigenvalue weighted by molar-refractivity contribution is -0.135. The summed E-state index contributed by atoms with van der Waals surface area (Å²) in [6.45, 7) is 2.85. The molecule has 2 aliphatic rings. The Morgan fingerprint density at radius 2 is 2.08 bits per heavy atom. The van der Waals surface area contributed by atoms with Gasteiger partial charge in [0.2, 0.25) is 5.91 Å². The van der Waals surface area contributed by atoms with Gasteiger partial charge < -0.3 is 4.90 Å². The quantitative estimate of drug-likeness (QED) is 0.835. The molecule has 0 aromatic carbocycles. The number of thiophene rings is 1. The van der Waals surface area contributed by atoms with Crippen LogP contribution in [0.25, 0.3) is 10.2 Å². The Morgan fingerprint density at radius 3 is 2.92 bits per heavy atom. The predicted octanol–water partition coefficient (Wildman–Crippen LogP) is 2.13. The number of amides is 1. The summed E-state index contributed by atoms with van der Waals surface area (Å²) in [6.07, 6.45) is 7.49. The van der Waals surface area contributed by atoms with Crippen molar-refractivity contribution in [3.63, 3.8) is 0 Å². The van der Waals surface area contributed by atoms with Gasteiger partial charge in [-0.1, -0.05) is 5.21 Å². The molecule has 1 saturated heterocycles. The Bertz CT molecular complexity index is 841. The van der Waals surface area contributed by atoms with Crippen LogP contribution in [0.4, 0.5) is 0 Å². The highest BCUT2D eigenvalue weighted by molar-refractivity contribution is 7.18. The third kappa shape index (κ3) is 2.64. The van der Waals surface area contributed by atoms with E-state index in [1.807, 2.05) is 4.90 Å². The van der Waals surface area contributed by atoms with Crippen LogP contribution in [-0.4, -0.2) is 38.4 Å². The molecular formula is C17H22N4O2S. The van der Waals surface area contributed by atoms with Crippen molar-refractivity contribution in [1.29, 1.82) is 0 Å². The first-order chi connectivity index (χ1) is 11.6. The largest absolute Gasteiger partial charge is 0.338 e. The fourth-order valence-corrected chi connectivity index (χ4v) is 5.09. The highest BCUT2D eigenvalue weighted by Gasteiger charge is 2.25. The first kappa shape index (κ1) is 15.7. The highest BCUT2D eigenvalue weighted by Crippen LogP contribution is 2.33. The molecular weight excluding hydrogens is 324 g/mol. The van der Waals surface area contributed by atoms with E-state index >= 15 is 0 Å². The number of aryl methyl sites for hydroxylation is 2. The van der Waals surface area contributed by atoms with Gasteiger partial charge in [0.25, 0.3) is 5.56 Å². The molecule has 0 bridgehead atoms. The summed E-state index contributed by atoms with van der Waals surface area (Å²) < 4.78 is 1.26. The van der Waals surface area contributed by atoms with Crippen LogP contribution in [0, 0.1) is 0 Å². The Kier molecular flexibility index (Phi) is 4.12. The van der Waals surface area contributed by atoms with Crippen molar-refractivity contribution in [2.75, 3.05) is 6.54 Å². The maximum Gasteiger partial charge on any atom is 0.279 e. The van der Waals surface area contributed by atoms with E-state index in [0.29, 0.717) is 5.39 Å². The van der Waals surface area contributed by atoms with E-state index in [2.05, 4.69) is 17.2 Å². The summed E-state index contributed by atoms with van der Waals surface area (Å²) >= 11 is 1.59. The average Bonchev–Trinajstić information content (AvgIpc) is 2.97. The number of fused-ring (bicyclic) bond motifs is 3. The molecule has 6 nitrogen and oxygen atoms in total. The number of likely N-dealkylation sites (tertiary alicyclic amines) is 1. The number of carbonyl (C=O) groups is 1. The van der Waals surface area contributed by atoms with E-state index in [0.717, 1.165) is 55.5 Å². The fraction of sp³-hybridized carbons (Fsp3) is 0.647. The van der Waals surface area contributed by atoms with Crippen molar-refractivity contribution in [2.24, 2.45) is 0 Å². The highest BCUT2D eigenvalue weighted by atomic mass is 32.1. The van der Waals surface area contributed by atoms with E-state index < -0.39 is 0 Å². The standard InChI is InChI=1S/C17H22N4O2S/c1-11-6-4-5-9-20(11)14(22)10-21-17(23)15-12-7-2-3-8-13(12)24-16(15)18-19-21/h11H,2-10H2,1H3/t11-/m0/s1. The van der Waals surface area contributed by atoms with E-state index in [1.165, 1.54) is 16.0 Å². The molecule has 1 aliphatic carbocycles. The van der Waals surface area contributed by atoms with Gasteiger partial charge in [0.15, 0.2) is 4.83 Å². The average molecular weight is 346 g/mol. The van der Waals surface area contributed by atoms with Gasteiger partial charge in [-0.05, 0) is 57.4 Å². The predicted molar refractivity (Wildman–Crippen MR) is 93.3 cm³/mol. The van der Waals surface area contributed by atoms with Crippen LogP contribution in [0.3, 0.4) is 0 Å². The fourth-order valence-electron chi connectivity index (χ4n) is 3.90. The van der Waals surface area contributed by atoms with Crippen LogP contribution in [0.15, 0.2) is 4.79 Å². The summed E-state index contributed by atoms with van der Waals surface area (Å²) in [5.41, 5.74) is 0.992. The third-order valence-corrected chi connectivity index (χ3v) is 6.43. The molecule has 3 heterocycles. The van der Waals surface area contributed by atoms with E-state index in [9.17, 15) is 9.59 Å². The van der Waals surface area contributed by atoms with Gasteiger partial charge in [-0.15, -0.1) is 16.4 Å². The second kappa shape index (κ2) is 6.27. The summed E-state index contributed by atoms with van der Waals surface area (Å²) in [5.74, 6) is -0.0259.